The van der Waals surface area contributed by atoms with Crippen molar-refractivity contribution in [2.24, 2.45) is 0 Å². The lowest BCUT2D eigenvalue weighted by molar-refractivity contribution is 0.0695. The molecule has 0 atom stereocenters. The van der Waals surface area contributed by atoms with Gasteiger partial charge in [0.2, 0.25) is 0 Å². The fraction of sp³-hybridized carbons (Fsp3) is 0.125. The van der Waals surface area contributed by atoms with Crippen molar-refractivity contribution in [2.75, 3.05) is 5.73 Å². The van der Waals surface area contributed by atoms with Gasteiger partial charge in [0.05, 0.1) is 11.3 Å². The van der Waals surface area contributed by atoms with Crippen LogP contribution in [0.15, 0.2) is 12.1 Å². The molecule has 1 aromatic rings. The molecule has 0 bridgehead atoms. The second kappa shape index (κ2) is 2.73. The van der Waals surface area contributed by atoms with Gasteiger partial charge in [-0.05, 0) is 19.1 Å². The van der Waals surface area contributed by atoms with Gasteiger partial charge in [0.15, 0.2) is 0 Å². The van der Waals surface area contributed by atoms with E-state index < -0.39 is 5.97 Å². The molecule has 1 rings (SSSR count). The Morgan fingerprint density at radius 2 is 2.08 bits per heavy atom. The normalized spacial score (nSPS) is 9.75. The number of hydrogen-bond acceptors (Lipinski definition) is 3. The molecule has 0 spiro atoms. The largest absolute Gasteiger partial charge is 0.505 e. The first-order valence-electron chi connectivity index (χ1n) is 3.35. The van der Waals surface area contributed by atoms with Crippen molar-refractivity contribution in [2.45, 2.75) is 6.92 Å². The van der Waals surface area contributed by atoms with Crippen LogP contribution in [0.25, 0.3) is 0 Å². The van der Waals surface area contributed by atoms with Gasteiger partial charge in [-0.1, -0.05) is 0 Å². The molecule has 4 nitrogen and oxygen atoms in total. The lowest BCUT2D eigenvalue weighted by Gasteiger charge is -2.05. The molecule has 0 amide bonds. The zero-order valence-electron chi connectivity index (χ0n) is 6.53. The predicted molar refractivity (Wildman–Crippen MR) is 44.2 cm³/mol. The van der Waals surface area contributed by atoms with Crippen molar-refractivity contribution in [3.8, 4) is 5.75 Å². The lowest BCUT2D eigenvalue weighted by Crippen LogP contribution is -2.00. The Labute approximate surface area is 69.3 Å². The standard InChI is InChI=1S/C8H9NO3/c1-4-5(8(11)12)2-3-6(9)7(4)10/h2-3,10H,9H2,1H3,(H,11,12). The molecule has 0 aromatic heterocycles. The Morgan fingerprint density at radius 1 is 1.50 bits per heavy atom. The monoisotopic (exact) mass is 167 g/mol. The van der Waals surface area contributed by atoms with Crippen LogP contribution in [0, 0.1) is 6.92 Å². The van der Waals surface area contributed by atoms with E-state index in [1.54, 1.807) is 0 Å². The highest BCUT2D eigenvalue weighted by Gasteiger charge is 2.11. The fourth-order valence-electron chi connectivity index (χ4n) is 0.953. The van der Waals surface area contributed by atoms with Gasteiger partial charge >= 0.3 is 5.97 Å². The molecule has 1 aromatic carbocycles. The molecule has 0 unspecified atom stereocenters. The molecule has 0 heterocycles. The molecule has 0 aliphatic carbocycles. The van der Waals surface area contributed by atoms with Gasteiger partial charge in [-0.2, -0.15) is 0 Å². The van der Waals surface area contributed by atoms with Crippen LogP contribution in [0.4, 0.5) is 5.69 Å². The molecule has 0 saturated heterocycles. The average molecular weight is 167 g/mol. The summed E-state index contributed by atoms with van der Waals surface area (Å²) in [6.07, 6.45) is 0. The SMILES string of the molecule is Cc1c(C(=O)O)ccc(N)c1O. The maximum absolute atomic E-state index is 10.5. The Morgan fingerprint density at radius 3 is 2.58 bits per heavy atom. The van der Waals surface area contributed by atoms with E-state index in [0.29, 0.717) is 5.56 Å². The fourth-order valence-corrected chi connectivity index (χ4v) is 0.953. The van der Waals surface area contributed by atoms with Gasteiger partial charge in [0.25, 0.3) is 0 Å². The minimum atomic E-state index is -1.07. The van der Waals surface area contributed by atoms with Crippen LogP contribution in [0.3, 0.4) is 0 Å². The number of anilines is 1. The Bertz CT molecular complexity index is 333. The first kappa shape index (κ1) is 8.39. The van der Waals surface area contributed by atoms with Crippen molar-refractivity contribution in [3.05, 3.63) is 23.3 Å². The number of carboxylic acid groups (broad SMARTS) is 1. The molecule has 64 valence electrons. The number of aromatic hydroxyl groups is 1. The number of hydrogen-bond donors (Lipinski definition) is 3. The lowest BCUT2D eigenvalue weighted by atomic mass is 10.1. The Hall–Kier alpha value is -1.71. The summed E-state index contributed by atoms with van der Waals surface area (Å²) in [6.45, 7) is 1.51. The van der Waals surface area contributed by atoms with Crippen LogP contribution in [0.1, 0.15) is 15.9 Å². The second-order valence-corrected chi connectivity index (χ2v) is 2.48. The van der Waals surface area contributed by atoms with E-state index in [1.807, 2.05) is 0 Å². The predicted octanol–water partition coefficient (Wildman–Crippen LogP) is 0.981. The Balaban J connectivity index is 3.36. The molecular formula is C8H9NO3. The molecule has 0 aliphatic heterocycles. The van der Waals surface area contributed by atoms with Crippen LogP contribution in [-0.4, -0.2) is 16.2 Å². The minimum Gasteiger partial charge on any atom is -0.505 e. The van der Waals surface area contributed by atoms with Crippen LogP contribution in [-0.2, 0) is 0 Å². The van der Waals surface area contributed by atoms with Crippen molar-refractivity contribution >= 4 is 11.7 Å². The molecule has 4 N–H and O–H groups in total. The third kappa shape index (κ3) is 1.18. The third-order valence-electron chi connectivity index (χ3n) is 1.69. The number of nitrogen functional groups attached to an aromatic ring is 1. The number of carboxylic acids is 1. The number of nitrogens with two attached hydrogens (primary N) is 1. The number of rotatable bonds is 1. The van der Waals surface area contributed by atoms with E-state index in [-0.39, 0.29) is 17.0 Å². The number of phenolic OH excluding ortho intramolecular Hbond substituents is 1. The Kier molecular flexibility index (Phi) is 1.91. The van der Waals surface area contributed by atoms with E-state index in [4.69, 9.17) is 10.8 Å². The van der Waals surface area contributed by atoms with Crippen molar-refractivity contribution < 1.29 is 15.0 Å². The molecule has 0 fully saturated rings. The quantitative estimate of drug-likeness (QED) is 0.430. The molecule has 0 saturated carbocycles. The minimum absolute atomic E-state index is 0.0710. The van der Waals surface area contributed by atoms with Crippen LogP contribution >= 0.6 is 0 Å². The van der Waals surface area contributed by atoms with Crippen LogP contribution in [0.5, 0.6) is 5.75 Å². The topological polar surface area (TPSA) is 83.5 Å². The highest BCUT2D eigenvalue weighted by Crippen LogP contribution is 2.26. The van der Waals surface area contributed by atoms with Gasteiger partial charge in [-0.15, -0.1) is 0 Å². The van der Waals surface area contributed by atoms with Gasteiger partial charge in [0, 0.05) is 5.56 Å². The summed E-state index contributed by atoms with van der Waals surface area (Å²) in [7, 11) is 0. The summed E-state index contributed by atoms with van der Waals surface area (Å²) in [5.74, 6) is -1.22. The third-order valence-corrected chi connectivity index (χ3v) is 1.69. The molecule has 4 heteroatoms. The van der Waals surface area contributed by atoms with Gasteiger partial charge in [-0.25, -0.2) is 4.79 Å². The van der Waals surface area contributed by atoms with Gasteiger partial charge < -0.3 is 15.9 Å². The van der Waals surface area contributed by atoms with Crippen molar-refractivity contribution in [1.29, 1.82) is 0 Å². The summed E-state index contributed by atoms with van der Waals surface area (Å²) in [4.78, 5) is 10.5. The van der Waals surface area contributed by atoms with E-state index in [9.17, 15) is 9.90 Å². The number of aromatic carboxylic acids is 1. The zero-order valence-corrected chi connectivity index (χ0v) is 6.53. The van der Waals surface area contributed by atoms with E-state index in [0.717, 1.165) is 0 Å². The second-order valence-electron chi connectivity index (χ2n) is 2.48. The van der Waals surface area contributed by atoms with E-state index in [1.165, 1.54) is 19.1 Å². The smallest absolute Gasteiger partial charge is 0.336 e. The first-order chi connectivity index (χ1) is 5.54. The van der Waals surface area contributed by atoms with Crippen molar-refractivity contribution in [3.63, 3.8) is 0 Å². The maximum Gasteiger partial charge on any atom is 0.336 e. The van der Waals surface area contributed by atoms with Crippen molar-refractivity contribution in [1.82, 2.24) is 0 Å². The highest BCUT2D eigenvalue weighted by molar-refractivity contribution is 5.91. The highest BCUT2D eigenvalue weighted by atomic mass is 16.4. The number of carbonyl (C=O) groups is 1. The van der Waals surface area contributed by atoms with Crippen LogP contribution in [0.2, 0.25) is 0 Å². The number of benzene rings is 1. The van der Waals surface area contributed by atoms with E-state index in [2.05, 4.69) is 0 Å². The first-order valence-corrected chi connectivity index (χ1v) is 3.35. The zero-order chi connectivity index (χ0) is 9.30. The summed E-state index contributed by atoms with van der Waals surface area (Å²) in [5, 5.41) is 17.9. The van der Waals surface area contributed by atoms with Crippen LogP contribution < -0.4 is 5.73 Å². The molecule has 0 aliphatic rings. The van der Waals surface area contributed by atoms with Gasteiger partial charge in [-0.3, -0.25) is 0 Å². The van der Waals surface area contributed by atoms with E-state index >= 15 is 0 Å². The molecule has 0 radical (unpaired) electrons. The molecule has 12 heavy (non-hydrogen) atoms. The summed E-state index contributed by atoms with van der Waals surface area (Å²) >= 11 is 0. The summed E-state index contributed by atoms with van der Waals surface area (Å²) < 4.78 is 0. The summed E-state index contributed by atoms with van der Waals surface area (Å²) in [6, 6.07) is 2.73. The maximum atomic E-state index is 10.5. The summed E-state index contributed by atoms with van der Waals surface area (Å²) in [5.41, 5.74) is 5.90. The van der Waals surface area contributed by atoms with Gasteiger partial charge in [0.1, 0.15) is 5.75 Å². The molecular weight excluding hydrogens is 158 g/mol. The average Bonchev–Trinajstić information content (AvgIpc) is 2.00. The number of phenols is 1.